The molecule has 16 heavy (non-hydrogen) atoms. The highest BCUT2D eigenvalue weighted by Gasteiger charge is 2.26. The van der Waals surface area contributed by atoms with Gasteiger partial charge in [0.1, 0.15) is 6.07 Å². The number of hydrogen-bond donors (Lipinski definition) is 0. The van der Waals surface area contributed by atoms with Gasteiger partial charge in [-0.2, -0.15) is 5.26 Å². The van der Waals surface area contributed by atoms with Crippen molar-refractivity contribution in [3.05, 3.63) is 30.1 Å². The molecule has 1 saturated heterocycles. The number of amides is 1. The van der Waals surface area contributed by atoms with Crippen molar-refractivity contribution in [1.29, 1.82) is 5.26 Å². The maximum Gasteiger partial charge on any atom is 0.411 e. The van der Waals surface area contributed by atoms with Crippen molar-refractivity contribution in [3.8, 4) is 6.07 Å². The summed E-state index contributed by atoms with van der Waals surface area (Å²) < 4.78 is 4.93. The van der Waals surface area contributed by atoms with Crippen molar-refractivity contribution in [2.45, 2.75) is 19.1 Å². The molecule has 0 aromatic carbocycles. The number of nitrogens with zero attached hydrogens (tertiary/aromatic N) is 3. The zero-order valence-electron chi connectivity index (χ0n) is 8.67. The van der Waals surface area contributed by atoms with E-state index in [-0.39, 0.29) is 0 Å². The number of carbonyl (C=O) groups is 1. The molecule has 1 unspecified atom stereocenters. The number of rotatable bonds is 2. The van der Waals surface area contributed by atoms with Gasteiger partial charge in [-0.15, -0.1) is 0 Å². The van der Waals surface area contributed by atoms with Crippen LogP contribution in [0.4, 0.5) is 4.79 Å². The Kier molecular flexibility index (Phi) is 3.01. The highest BCUT2D eigenvalue weighted by Crippen LogP contribution is 2.14. The van der Waals surface area contributed by atoms with Crippen molar-refractivity contribution in [2.24, 2.45) is 0 Å². The predicted octanol–water partition coefficient (Wildman–Crippen LogP) is 1.32. The van der Waals surface area contributed by atoms with E-state index in [1.165, 1.54) is 0 Å². The molecular formula is C11H11N3O2. The van der Waals surface area contributed by atoms with E-state index in [0.29, 0.717) is 19.5 Å². The largest absolute Gasteiger partial charge is 0.431 e. The maximum atomic E-state index is 11.5. The van der Waals surface area contributed by atoms with Crippen molar-refractivity contribution in [3.63, 3.8) is 0 Å². The first-order valence-corrected chi connectivity index (χ1v) is 5.03. The minimum atomic E-state index is -0.599. The van der Waals surface area contributed by atoms with Crippen LogP contribution in [0.2, 0.25) is 0 Å². The van der Waals surface area contributed by atoms with Gasteiger partial charge in [-0.3, -0.25) is 4.98 Å². The zero-order valence-corrected chi connectivity index (χ0v) is 8.67. The smallest absolute Gasteiger partial charge is 0.411 e. The molecule has 1 aliphatic rings. The van der Waals surface area contributed by atoms with E-state index in [2.05, 4.69) is 4.98 Å². The van der Waals surface area contributed by atoms with Gasteiger partial charge in [0.05, 0.1) is 6.54 Å². The van der Waals surface area contributed by atoms with E-state index in [0.717, 1.165) is 5.56 Å². The maximum absolute atomic E-state index is 11.5. The molecule has 1 fully saturated rings. The fourth-order valence-corrected chi connectivity index (χ4v) is 1.57. The molecule has 2 heterocycles. The van der Waals surface area contributed by atoms with E-state index in [1.807, 2.05) is 18.2 Å². The number of aromatic nitrogens is 1. The Balaban J connectivity index is 1.98. The van der Waals surface area contributed by atoms with Crippen LogP contribution >= 0.6 is 0 Å². The monoisotopic (exact) mass is 217 g/mol. The average molecular weight is 217 g/mol. The van der Waals surface area contributed by atoms with Crippen LogP contribution in [0.25, 0.3) is 0 Å². The summed E-state index contributed by atoms with van der Waals surface area (Å²) >= 11 is 0. The quantitative estimate of drug-likeness (QED) is 0.749. The lowest BCUT2D eigenvalue weighted by Crippen LogP contribution is -2.40. The Morgan fingerprint density at radius 1 is 1.69 bits per heavy atom. The van der Waals surface area contributed by atoms with Gasteiger partial charge >= 0.3 is 6.09 Å². The predicted molar refractivity (Wildman–Crippen MR) is 55.1 cm³/mol. The first-order valence-electron chi connectivity index (χ1n) is 5.03. The SMILES string of the molecule is N#CC1CCN(Cc2cccnc2)C(=O)O1. The first kappa shape index (κ1) is 10.4. The molecule has 0 saturated carbocycles. The molecule has 1 aromatic heterocycles. The summed E-state index contributed by atoms with van der Waals surface area (Å²) in [5.41, 5.74) is 0.954. The van der Waals surface area contributed by atoms with Crippen LogP contribution in [0, 0.1) is 11.3 Å². The molecule has 0 bridgehead atoms. The van der Waals surface area contributed by atoms with E-state index >= 15 is 0 Å². The summed E-state index contributed by atoms with van der Waals surface area (Å²) in [6.45, 7) is 1.02. The van der Waals surface area contributed by atoms with Crippen LogP contribution in [0.15, 0.2) is 24.5 Å². The Bertz CT molecular complexity index is 413. The Labute approximate surface area is 93.3 Å². The number of carbonyl (C=O) groups excluding carboxylic acids is 1. The van der Waals surface area contributed by atoms with Crippen LogP contribution in [0.5, 0.6) is 0 Å². The molecule has 5 nitrogen and oxygen atoms in total. The number of ether oxygens (including phenoxy) is 1. The summed E-state index contributed by atoms with van der Waals surface area (Å²) in [6.07, 6.45) is 2.93. The van der Waals surface area contributed by atoms with E-state index < -0.39 is 12.2 Å². The van der Waals surface area contributed by atoms with Crippen molar-refractivity contribution in [1.82, 2.24) is 9.88 Å². The Morgan fingerprint density at radius 3 is 3.19 bits per heavy atom. The minimum absolute atomic E-state index is 0.429. The third kappa shape index (κ3) is 2.28. The Hall–Kier alpha value is -2.09. The van der Waals surface area contributed by atoms with Gasteiger partial charge in [0, 0.05) is 25.4 Å². The van der Waals surface area contributed by atoms with E-state index in [1.54, 1.807) is 17.3 Å². The molecule has 1 aliphatic heterocycles. The summed E-state index contributed by atoms with van der Waals surface area (Å²) in [5, 5.41) is 8.63. The third-order valence-electron chi connectivity index (χ3n) is 2.40. The lowest BCUT2D eigenvalue weighted by molar-refractivity contribution is 0.0448. The number of pyridine rings is 1. The minimum Gasteiger partial charge on any atom is -0.431 e. The van der Waals surface area contributed by atoms with Crippen LogP contribution in [-0.2, 0) is 11.3 Å². The molecule has 0 radical (unpaired) electrons. The van der Waals surface area contributed by atoms with Crippen LogP contribution in [-0.4, -0.2) is 28.6 Å². The topological polar surface area (TPSA) is 66.2 Å². The lowest BCUT2D eigenvalue weighted by Gasteiger charge is -2.28. The van der Waals surface area contributed by atoms with Gasteiger partial charge in [0.2, 0.25) is 0 Å². The molecule has 0 aliphatic carbocycles. The molecule has 1 atom stereocenters. The number of cyclic esters (lactones) is 1. The normalized spacial score (nSPS) is 20.1. The van der Waals surface area contributed by atoms with Crippen molar-refractivity contribution >= 4 is 6.09 Å². The van der Waals surface area contributed by atoms with Gasteiger partial charge in [-0.1, -0.05) is 6.07 Å². The molecule has 1 aromatic rings. The van der Waals surface area contributed by atoms with Gasteiger partial charge in [-0.25, -0.2) is 4.79 Å². The summed E-state index contributed by atoms with van der Waals surface area (Å²) in [6, 6.07) is 5.66. The average Bonchev–Trinajstić information content (AvgIpc) is 2.33. The second-order valence-corrected chi connectivity index (χ2v) is 3.57. The second kappa shape index (κ2) is 4.62. The van der Waals surface area contributed by atoms with Crippen LogP contribution < -0.4 is 0 Å². The van der Waals surface area contributed by atoms with Crippen molar-refractivity contribution < 1.29 is 9.53 Å². The summed E-state index contributed by atoms with van der Waals surface area (Å²) in [7, 11) is 0. The first-order chi connectivity index (χ1) is 7.79. The van der Waals surface area contributed by atoms with Crippen LogP contribution in [0.1, 0.15) is 12.0 Å². The van der Waals surface area contributed by atoms with Crippen molar-refractivity contribution in [2.75, 3.05) is 6.54 Å². The third-order valence-corrected chi connectivity index (χ3v) is 2.40. The highest BCUT2D eigenvalue weighted by atomic mass is 16.6. The molecule has 5 heteroatoms. The van der Waals surface area contributed by atoms with Gasteiger partial charge < -0.3 is 9.64 Å². The summed E-state index contributed by atoms with van der Waals surface area (Å²) in [5.74, 6) is 0. The lowest BCUT2D eigenvalue weighted by atomic mass is 10.2. The molecular weight excluding hydrogens is 206 g/mol. The molecule has 2 rings (SSSR count). The number of hydrogen-bond acceptors (Lipinski definition) is 4. The second-order valence-electron chi connectivity index (χ2n) is 3.57. The van der Waals surface area contributed by atoms with Gasteiger partial charge in [0.25, 0.3) is 0 Å². The number of nitriles is 1. The van der Waals surface area contributed by atoms with E-state index in [4.69, 9.17) is 10.00 Å². The van der Waals surface area contributed by atoms with Gasteiger partial charge in [0.15, 0.2) is 6.10 Å². The van der Waals surface area contributed by atoms with E-state index in [9.17, 15) is 4.79 Å². The molecule has 1 amide bonds. The zero-order chi connectivity index (χ0) is 11.4. The Morgan fingerprint density at radius 2 is 2.56 bits per heavy atom. The fourth-order valence-electron chi connectivity index (χ4n) is 1.57. The standard InChI is InChI=1S/C11H11N3O2/c12-6-10-3-5-14(11(15)16-10)8-9-2-1-4-13-7-9/h1-2,4,7,10H,3,5,8H2. The summed E-state index contributed by atoms with van der Waals surface area (Å²) in [4.78, 5) is 17.0. The van der Waals surface area contributed by atoms with Gasteiger partial charge in [-0.05, 0) is 11.6 Å². The molecule has 82 valence electrons. The highest BCUT2D eigenvalue weighted by molar-refractivity contribution is 5.68. The van der Waals surface area contributed by atoms with Crippen LogP contribution in [0.3, 0.4) is 0 Å². The molecule has 0 spiro atoms. The fraction of sp³-hybridized carbons (Fsp3) is 0.364. The molecule has 0 N–H and O–H groups in total.